The molecule has 1 aliphatic rings. The molecule has 0 aliphatic carbocycles. The van der Waals surface area contributed by atoms with E-state index in [4.69, 9.17) is 0 Å². The van der Waals surface area contributed by atoms with Gasteiger partial charge in [-0.25, -0.2) is 0 Å². The largest absolute Gasteiger partial charge is 0.355 e. The smallest absolute Gasteiger partial charge is 0.234 e. The summed E-state index contributed by atoms with van der Waals surface area (Å²) in [5.41, 5.74) is 0. The maximum Gasteiger partial charge on any atom is 0.234 e. The van der Waals surface area contributed by atoms with Crippen LogP contribution in [0, 0.1) is 0 Å². The molecule has 0 aromatic heterocycles. The molecule has 0 saturated carbocycles. The highest BCUT2D eigenvalue weighted by molar-refractivity contribution is 5.77. The van der Waals surface area contributed by atoms with Crippen molar-refractivity contribution in [3.8, 4) is 0 Å². The van der Waals surface area contributed by atoms with Crippen LogP contribution in [-0.4, -0.2) is 50.1 Å². The van der Waals surface area contributed by atoms with Gasteiger partial charge in [0, 0.05) is 12.6 Å². The molecule has 4 heteroatoms. The topological polar surface area (TPSA) is 44.4 Å². The molecule has 0 bridgehead atoms. The van der Waals surface area contributed by atoms with E-state index in [-0.39, 0.29) is 5.91 Å². The molecule has 0 spiro atoms. The van der Waals surface area contributed by atoms with Crippen LogP contribution >= 0.6 is 0 Å². The summed E-state index contributed by atoms with van der Waals surface area (Å²) in [6.07, 6.45) is 4.92. The molecule has 1 rings (SSSR count). The third-order valence-electron chi connectivity index (χ3n) is 3.20. The van der Waals surface area contributed by atoms with Crippen molar-refractivity contribution in [2.24, 2.45) is 0 Å². The highest BCUT2D eigenvalue weighted by atomic mass is 16.2. The number of hydrogen-bond acceptors (Lipinski definition) is 3. The first-order valence-electron chi connectivity index (χ1n) is 6.43. The lowest BCUT2D eigenvalue weighted by Crippen LogP contribution is -2.46. The van der Waals surface area contributed by atoms with E-state index in [1.807, 2.05) is 14.0 Å². The van der Waals surface area contributed by atoms with Gasteiger partial charge in [-0.1, -0.05) is 6.42 Å². The Kier molecular flexibility index (Phi) is 6.42. The Morgan fingerprint density at radius 2 is 2.25 bits per heavy atom. The van der Waals surface area contributed by atoms with Crippen LogP contribution in [-0.2, 0) is 4.79 Å². The second kappa shape index (κ2) is 7.63. The Labute approximate surface area is 98.8 Å². The zero-order valence-corrected chi connectivity index (χ0v) is 10.6. The molecule has 1 heterocycles. The van der Waals surface area contributed by atoms with Crippen LogP contribution in [0.4, 0.5) is 0 Å². The molecular formula is C12H25N3O. The van der Waals surface area contributed by atoms with Crippen LogP contribution in [0.3, 0.4) is 0 Å². The number of nitrogens with one attached hydrogen (secondary N) is 2. The number of carbonyl (C=O) groups is 1. The minimum atomic E-state index is 0.166. The molecule has 1 amide bonds. The van der Waals surface area contributed by atoms with Gasteiger partial charge in [-0.05, 0) is 46.3 Å². The van der Waals surface area contributed by atoms with Crippen molar-refractivity contribution < 1.29 is 4.79 Å². The molecule has 1 aliphatic heterocycles. The van der Waals surface area contributed by atoms with Gasteiger partial charge in [-0.3, -0.25) is 9.69 Å². The zero-order chi connectivity index (χ0) is 11.8. The first-order valence-corrected chi connectivity index (χ1v) is 6.43. The summed E-state index contributed by atoms with van der Waals surface area (Å²) in [4.78, 5) is 13.9. The van der Waals surface area contributed by atoms with Gasteiger partial charge < -0.3 is 10.6 Å². The summed E-state index contributed by atoms with van der Waals surface area (Å²) in [5.74, 6) is 0.166. The molecule has 1 unspecified atom stereocenters. The van der Waals surface area contributed by atoms with Crippen LogP contribution in [0.15, 0.2) is 0 Å². The van der Waals surface area contributed by atoms with Crippen molar-refractivity contribution in [1.82, 2.24) is 15.5 Å². The van der Waals surface area contributed by atoms with E-state index < -0.39 is 0 Å². The van der Waals surface area contributed by atoms with Crippen LogP contribution in [0.5, 0.6) is 0 Å². The van der Waals surface area contributed by atoms with E-state index in [9.17, 15) is 4.79 Å². The van der Waals surface area contributed by atoms with Crippen LogP contribution in [0.2, 0.25) is 0 Å². The molecule has 2 N–H and O–H groups in total. The minimum Gasteiger partial charge on any atom is -0.355 e. The summed E-state index contributed by atoms with van der Waals surface area (Å²) in [6, 6.07) is 0.587. The number of piperidine rings is 1. The number of amides is 1. The fourth-order valence-corrected chi connectivity index (χ4v) is 2.34. The van der Waals surface area contributed by atoms with Gasteiger partial charge in [0.05, 0.1) is 6.54 Å². The lowest BCUT2D eigenvalue weighted by atomic mass is 9.99. The van der Waals surface area contributed by atoms with Gasteiger partial charge >= 0.3 is 0 Å². The molecule has 16 heavy (non-hydrogen) atoms. The standard InChI is InChI=1S/C12H25N3O/c1-3-14-12(16)10-15-9-5-4-6-11(15)7-8-13-2/h11,13H,3-10H2,1-2H3,(H,14,16). The summed E-state index contributed by atoms with van der Waals surface area (Å²) in [6.45, 7) is 5.38. The first kappa shape index (κ1) is 13.5. The Balaban J connectivity index is 2.37. The maximum atomic E-state index is 11.6. The lowest BCUT2D eigenvalue weighted by molar-refractivity contribution is -0.123. The molecular weight excluding hydrogens is 202 g/mol. The number of nitrogens with zero attached hydrogens (tertiary/aromatic N) is 1. The van der Waals surface area contributed by atoms with Gasteiger partial charge in [-0.15, -0.1) is 0 Å². The Morgan fingerprint density at radius 3 is 2.94 bits per heavy atom. The van der Waals surface area contributed by atoms with Crippen molar-refractivity contribution in [2.75, 3.05) is 33.2 Å². The first-order chi connectivity index (χ1) is 7.77. The molecule has 94 valence electrons. The van der Waals surface area contributed by atoms with Crippen molar-refractivity contribution in [3.63, 3.8) is 0 Å². The SMILES string of the molecule is CCNC(=O)CN1CCCCC1CCNC. The van der Waals surface area contributed by atoms with Crippen molar-refractivity contribution in [1.29, 1.82) is 0 Å². The van der Waals surface area contributed by atoms with Crippen LogP contribution < -0.4 is 10.6 Å². The average molecular weight is 227 g/mol. The van der Waals surface area contributed by atoms with Crippen molar-refractivity contribution in [3.05, 3.63) is 0 Å². The fourth-order valence-electron chi connectivity index (χ4n) is 2.34. The number of hydrogen-bond donors (Lipinski definition) is 2. The van der Waals surface area contributed by atoms with E-state index in [1.54, 1.807) is 0 Å². The number of likely N-dealkylation sites (N-methyl/N-ethyl adjacent to an activating group) is 1. The number of carbonyl (C=O) groups excluding carboxylic acids is 1. The molecule has 1 saturated heterocycles. The summed E-state index contributed by atoms with van der Waals surface area (Å²) in [5, 5.41) is 6.06. The van der Waals surface area contributed by atoms with E-state index >= 15 is 0 Å². The summed E-state index contributed by atoms with van der Waals surface area (Å²) in [7, 11) is 1.98. The average Bonchev–Trinajstić information content (AvgIpc) is 2.28. The molecule has 1 atom stereocenters. The molecule has 0 radical (unpaired) electrons. The van der Waals surface area contributed by atoms with Crippen molar-refractivity contribution >= 4 is 5.91 Å². The third-order valence-corrected chi connectivity index (χ3v) is 3.20. The van der Waals surface area contributed by atoms with Crippen LogP contribution in [0.25, 0.3) is 0 Å². The zero-order valence-electron chi connectivity index (χ0n) is 10.6. The van der Waals surface area contributed by atoms with E-state index in [1.165, 1.54) is 19.3 Å². The summed E-state index contributed by atoms with van der Waals surface area (Å²) < 4.78 is 0. The van der Waals surface area contributed by atoms with E-state index in [0.29, 0.717) is 12.6 Å². The monoisotopic (exact) mass is 227 g/mol. The quantitative estimate of drug-likeness (QED) is 0.698. The predicted octanol–water partition coefficient (Wildman–Crippen LogP) is 0.587. The summed E-state index contributed by atoms with van der Waals surface area (Å²) >= 11 is 0. The van der Waals surface area contributed by atoms with Crippen molar-refractivity contribution in [2.45, 2.75) is 38.6 Å². The lowest BCUT2D eigenvalue weighted by Gasteiger charge is -2.35. The van der Waals surface area contributed by atoms with E-state index in [2.05, 4.69) is 15.5 Å². The molecule has 4 nitrogen and oxygen atoms in total. The Bertz CT molecular complexity index is 208. The minimum absolute atomic E-state index is 0.166. The normalized spacial score (nSPS) is 22.0. The van der Waals surface area contributed by atoms with Gasteiger partial charge in [-0.2, -0.15) is 0 Å². The Morgan fingerprint density at radius 1 is 1.44 bits per heavy atom. The van der Waals surface area contributed by atoms with Gasteiger partial charge in [0.1, 0.15) is 0 Å². The number of likely N-dealkylation sites (tertiary alicyclic amines) is 1. The second-order valence-electron chi connectivity index (χ2n) is 4.47. The fraction of sp³-hybridized carbons (Fsp3) is 0.917. The second-order valence-corrected chi connectivity index (χ2v) is 4.47. The highest BCUT2D eigenvalue weighted by Crippen LogP contribution is 2.18. The molecule has 0 aromatic carbocycles. The maximum absolute atomic E-state index is 11.6. The highest BCUT2D eigenvalue weighted by Gasteiger charge is 2.23. The van der Waals surface area contributed by atoms with Gasteiger partial charge in [0.15, 0.2) is 0 Å². The van der Waals surface area contributed by atoms with Gasteiger partial charge in [0.2, 0.25) is 5.91 Å². The Hall–Kier alpha value is -0.610. The van der Waals surface area contributed by atoms with E-state index in [0.717, 1.165) is 26.1 Å². The van der Waals surface area contributed by atoms with Gasteiger partial charge in [0.25, 0.3) is 0 Å². The molecule has 0 aromatic rings. The third kappa shape index (κ3) is 4.49. The number of rotatable bonds is 6. The molecule has 1 fully saturated rings. The predicted molar refractivity (Wildman–Crippen MR) is 66.4 cm³/mol. The van der Waals surface area contributed by atoms with Crippen LogP contribution in [0.1, 0.15) is 32.6 Å².